The van der Waals surface area contributed by atoms with Crippen LogP contribution in [0.5, 0.6) is 0 Å². The van der Waals surface area contributed by atoms with Gasteiger partial charge in [0.1, 0.15) is 0 Å². The van der Waals surface area contributed by atoms with Crippen LogP contribution in [0.4, 0.5) is 0 Å². The first-order valence-corrected chi connectivity index (χ1v) is 7.86. The highest BCUT2D eigenvalue weighted by molar-refractivity contribution is 7.86. The first-order chi connectivity index (χ1) is 7.85. The van der Waals surface area contributed by atoms with E-state index in [-0.39, 0.29) is 0 Å². The summed E-state index contributed by atoms with van der Waals surface area (Å²) < 4.78 is 24.9. The summed E-state index contributed by atoms with van der Waals surface area (Å²) in [4.78, 5) is 0. The van der Waals surface area contributed by atoms with Gasteiger partial charge in [0, 0.05) is 18.6 Å². The van der Waals surface area contributed by atoms with Crippen molar-refractivity contribution < 1.29 is 8.42 Å². The van der Waals surface area contributed by atoms with Gasteiger partial charge in [-0.05, 0) is 38.0 Å². The van der Waals surface area contributed by atoms with Crippen molar-refractivity contribution in [3.8, 4) is 0 Å². The Bertz CT molecular complexity index is 335. The second kappa shape index (κ2) is 5.65. The maximum absolute atomic E-state index is 11.7. The third-order valence-electron chi connectivity index (χ3n) is 3.85. The molecule has 0 spiro atoms. The van der Waals surface area contributed by atoms with Gasteiger partial charge in [-0.1, -0.05) is 13.8 Å². The summed E-state index contributed by atoms with van der Waals surface area (Å²) in [5.74, 6) is 0.652. The van der Waals surface area contributed by atoms with E-state index >= 15 is 0 Å². The molecule has 6 heteroatoms. The van der Waals surface area contributed by atoms with E-state index < -0.39 is 15.7 Å². The maximum atomic E-state index is 11.7. The number of rotatable bonds is 5. The smallest absolute Gasteiger partial charge is 0.277 e. The molecule has 0 unspecified atom stereocenters. The number of nitrogens with two attached hydrogens (primary N) is 2. The molecule has 1 saturated carbocycles. The minimum Gasteiger partial charge on any atom is -0.329 e. The Morgan fingerprint density at radius 1 is 1.35 bits per heavy atom. The molecule has 0 bridgehead atoms. The number of hydrogen-bond donors (Lipinski definition) is 2. The third kappa shape index (κ3) is 3.40. The van der Waals surface area contributed by atoms with Crippen molar-refractivity contribution in [2.45, 2.75) is 51.5 Å². The molecule has 0 amide bonds. The normalized spacial score (nSPS) is 30.8. The monoisotopic (exact) mass is 263 g/mol. The van der Waals surface area contributed by atoms with Gasteiger partial charge in [-0.15, -0.1) is 0 Å². The molecule has 0 saturated heterocycles. The Kier molecular flexibility index (Phi) is 4.95. The molecule has 1 aliphatic carbocycles. The van der Waals surface area contributed by atoms with Crippen molar-refractivity contribution in [3.05, 3.63) is 0 Å². The summed E-state index contributed by atoms with van der Waals surface area (Å²) in [6.07, 6.45) is 4.44. The van der Waals surface area contributed by atoms with E-state index in [0.717, 1.165) is 32.1 Å². The van der Waals surface area contributed by atoms with Gasteiger partial charge in [0.05, 0.1) is 0 Å². The van der Waals surface area contributed by atoms with E-state index in [1.165, 1.54) is 4.31 Å². The standard InChI is InChI=1S/C11H25N3O2S/c1-3-8-14(17(13,15)16)11(9-12)6-4-10(2)5-7-11/h10H,3-9,12H2,1-2H3,(H2,13,15,16). The van der Waals surface area contributed by atoms with Crippen LogP contribution in [0.25, 0.3) is 0 Å². The van der Waals surface area contributed by atoms with Crippen molar-refractivity contribution in [1.82, 2.24) is 4.31 Å². The SMILES string of the molecule is CCCN(C1(CN)CCC(C)CC1)S(N)(=O)=O. The van der Waals surface area contributed by atoms with Gasteiger partial charge in [-0.3, -0.25) is 0 Å². The summed E-state index contributed by atoms with van der Waals surface area (Å²) in [5.41, 5.74) is 5.40. The van der Waals surface area contributed by atoms with E-state index in [1.54, 1.807) is 0 Å². The van der Waals surface area contributed by atoms with Crippen molar-refractivity contribution in [2.75, 3.05) is 13.1 Å². The van der Waals surface area contributed by atoms with Crippen LogP contribution in [0, 0.1) is 5.92 Å². The van der Waals surface area contributed by atoms with Gasteiger partial charge in [0.2, 0.25) is 0 Å². The Hall–Kier alpha value is -0.170. The lowest BCUT2D eigenvalue weighted by atomic mass is 9.77. The summed E-state index contributed by atoms with van der Waals surface area (Å²) >= 11 is 0. The lowest BCUT2D eigenvalue weighted by Gasteiger charge is -2.45. The van der Waals surface area contributed by atoms with Gasteiger partial charge in [-0.2, -0.15) is 12.7 Å². The summed E-state index contributed by atoms with van der Waals surface area (Å²) in [6, 6.07) is 0. The van der Waals surface area contributed by atoms with Crippen molar-refractivity contribution in [1.29, 1.82) is 0 Å². The average molecular weight is 263 g/mol. The first kappa shape index (κ1) is 14.9. The highest BCUT2D eigenvalue weighted by Gasteiger charge is 2.42. The average Bonchev–Trinajstić information content (AvgIpc) is 2.27. The molecule has 102 valence electrons. The van der Waals surface area contributed by atoms with Gasteiger partial charge >= 0.3 is 0 Å². The second-order valence-electron chi connectivity index (χ2n) is 5.23. The van der Waals surface area contributed by atoms with Crippen LogP contribution in [-0.2, 0) is 10.2 Å². The van der Waals surface area contributed by atoms with Gasteiger partial charge in [0.15, 0.2) is 0 Å². The van der Waals surface area contributed by atoms with E-state index in [1.807, 2.05) is 6.92 Å². The largest absolute Gasteiger partial charge is 0.329 e. The van der Waals surface area contributed by atoms with E-state index in [9.17, 15) is 8.42 Å². The van der Waals surface area contributed by atoms with Crippen molar-refractivity contribution >= 4 is 10.2 Å². The van der Waals surface area contributed by atoms with Crippen LogP contribution in [0.2, 0.25) is 0 Å². The predicted octanol–water partition coefficient (Wildman–Crippen LogP) is 0.810. The first-order valence-electron chi connectivity index (χ1n) is 6.36. The highest BCUT2D eigenvalue weighted by atomic mass is 32.2. The molecule has 4 N–H and O–H groups in total. The molecule has 5 nitrogen and oxygen atoms in total. The van der Waals surface area contributed by atoms with Crippen LogP contribution in [0.3, 0.4) is 0 Å². The Morgan fingerprint density at radius 2 is 1.88 bits per heavy atom. The third-order valence-corrected chi connectivity index (χ3v) is 5.03. The lowest BCUT2D eigenvalue weighted by Crippen LogP contribution is -2.59. The van der Waals surface area contributed by atoms with Crippen molar-refractivity contribution in [2.24, 2.45) is 16.8 Å². The molecule has 17 heavy (non-hydrogen) atoms. The number of nitrogens with zero attached hydrogens (tertiary/aromatic N) is 1. The fraction of sp³-hybridized carbons (Fsp3) is 1.00. The molecule has 1 aliphatic rings. The molecule has 1 fully saturated rings. The fourth-order valence-electron chi connectivity index (χ4n) is 2.69. The quantitative estimate of drug-likeness (QED) is 0.769. The summed E-state index contributed by atoms with van der Waals surface area (Å²) in [5, 5.41) is 5.33. The molecule has 0 aromatic heterocycles. The minimum atomic E-state index is -3.66. The van der Waals surface area contributed by atoms with Gasteiger partial charge in [0.25, 0.3) is 10.2 Å². The molecule has 0 heterocycles. The van der Waals surface area contributed by atoms with E-state index in [4.69, 9.17) is 10.9 Å². The van der Waals surface area contributed by atoms with Gasteiger partial charge < -0.3 is 5.73 Å². The molecular formula is C11H25N3O2S. The second-order valence-corrected chi connectivity index (χ2v) is 6.70. The Morgan fingerprint density at radius 3 is 2.24 bits per heavy atom. The molecular weight excluding hydrogens is 238 g/mol. The van der Waals surface area contributed by atoms with E-state index in [0.29, 0.717) is 19.0 Å². The lowest BCUT2D eigenvalue weighted by molar-refractivity contribution is 0.116. The maximum Gasteiger partial charge on any atom is 0.277 e. The molecule has 0 atom stereocenters. The molecule has 0 aromatic carbocycles. The summed E-state index contributed by atoms with van der Waals surface area (Å²) in [6.45, 7) is 4.97. The highest BCUT2D eigenvalue weighted by Crippen LogP contribution is 2.36. The van der Waals surface area contributed by atoms with Crippen molar-refractivity contribution in [3.63, 3.8) is 0 Å². The molecule has 0 radical (unpaired) electrons. The summed E-state index contributed by atoms with van der Waals surface area (Å²) in [7, 11) is -3.66. The van der Waals surface area contributed by atoms with Crippen LogP contribution in [0.1, 0.15) is 46.0 Å². The van der Waals surface area contributed by atoms with Crippen LogP contribution < -0.4 is 10.9 Å². The zero-order chi connectivity index (χ0) is 13.1. The number of hydrogen-bond acceptors (Lipinski definition) is 3. The zero-order valence-corrected chi connectivity index (χ0v) is 11.7. The van der Waals surface area contributed by atoms with Crippen LogP contribution >= 0.6 is 0 Å². The predicted molar refractivity (Wildman–Crippen MR) is 69.5 cm³/mol. The Balaban J connectivity index is 2.96. The Labute approximate surface area is 105 Å². The van der Waals surface area contributed by atoms with Crippen LogP contribution in [0.15, 0.2) is 0 Å². The van der Waals surface area contributed by atoms with Gasteiger partial charge in [-0.25, -0.2) is 5.14 Å². The topological polar surface area (TPSA) is 89.4 Å². The molecule has 0 aliphatic heterocycles. The fourth-order valence-corrected chi connectivity index (χ4v) is 3.93. The zero-order valence-electron chi connectivity index (χ0n) is 10.9. The van der Waals surface area contributed by atoms with E-state index in [2.05, 4.69) is 6.92 Å². The van der Waals surface area contributed by atoms with Crippen LogP contribution in [-0.4, -0.2) is 31.4 Å². The molecule has 1 rings (SSSR count). The molecule has 0 aromatic rings. The minimum absolute atomic E-state index is 0.357.